The number of allylic oxidation sites excluding steroid dienone is 22. The van der Waals surface area contributed by atoms with Crippen LogP contribution >= 0.6 is 0 Å². The standard InChI is InChI=1S/C55H88O4/c1-3-5-7-9-11-13-15-17-19-21-23-25-27-28-29-30-32-34-36-38-40-42-44-46-48-50-55(57)59-54(52-56)53-58-51-49-47-45-43-41-39-37-35-33-31-26-24-22-20-18-16-14-12-10-8-6-4-2/h5-8,11-14,17-20,23-26,28-29,33,35,39,41,54,56H,3-4,9-10,15-16,21-22,27,30-32,34,36-38,40,42-53H2,1-2H3/b7-5-,8-6-,13-11-,14-12-,19-17-,20-18-,25-23-,26-24-,29-28-,35-33-,41-39-. The summed E-state index contributed by atoms with van der Waals surface area (Å²) in [6.45, 7) is 5.02. The van der Waals surface area contributed by atoms with Gasteiger partial charge in [0, 0.05) is 13.0 Å². The molecule has 0 amide bonds. The van der Waals surface area contributed by atoms with Gasteiger partial charge in [-0.3, -0.25) is 4.79 Å². The number of aliphatic hydroxyl groups excluding tert-OH is 1. The number of rotatable bonds is 42. The second-order valence-electron chi connectivity index (χ2n) is 15.1. The lowest BCUT2D eigenvalue weighted by molar-refractivity contribution is -0.154. The van der Waals surface area contributed by atoms with E-state index >= 15 is 0 Å². The number of unbranched alkanes of at least 4 members (excludes halogenated alkanes) is 12. The molecule has 0 aliphatic heterocycles. The summed E-state index contributed by atoms with van der Waals surface area (Å²) in [5.41, 5.74) is 0. The SMILES string of the molecule is CC/C=C\C/C=C\C/C=C\C/C=C\C/C=C\C/C=C\CCCCCOCC(CO)OC(=O)CCCCCCCCCCC/C=C\C/C=C\C/C=C\C/C=C\C/C=C\CC. The lowest BCUT2D eigenvalue weighted by Gasteiger charge is -2.15. The third-order valence-electron chi connectivity index (χ3n) is 9.47. The molecule has 0 rings (SSSR count). The van der Waals surface area contributed by atoms with Crippen LogP contribution in [-0.4, -0.2) is 37.0 Å². The molecule has 0 spiro atoms. The van der Waals surface area contributed by atoms with Crippen molar-refractivity contribution in [2.75, 3.05) is 19.8 Å². The second kappa shape index (κ2) is 50.7. The summed E-state index contributed by atoms with van der Waals surface area (Å²) < 4.78 is 11.2. The van der Waals surface area contributed by atoms with E-state index < -0.39 is 6.10 Å². The van der Waals surface area contributed by atoms with Crippen molar-refractivity contribution in [2.24, 2.45) is 0 Å². The minimum Gasteiger partial charge on any atom is -0.457 e. The van der Waals surface area contributed by atoms with Gasteiger partial charge in [0.1, 0.15) is 6.10 Å². The van der Waals surface area contributed by atoms with Gasteiger partial charge in [0.25, 0.3) is 0 Å². The fourth-order valence-electron chi connectivity index (χ4n) is 6.00. The second-order valence-corrected chi connectivity index (χ2v) is 15.1. The molecule has 4 nitrogen and oxygen atoms in total. The molecular weight excluding hydrogens is 725 g/mol. The summed E-state index contributed by atoms with van der Waals surface area (Å²) >= 11 is 0. The minimum atomic E-state index is -0.567. The van der Waals surface area contributed by atoms with E-state index in [1.165, 1.54) is 51.4 Å². The minimum absolute atomic E-state index is 0.198. The zero-order chi connectivity index (χ0) is 42.6. The van der Waals surface area contributed by atoms with Gasteiger partial charge in [-0.1, -0.05) is 199 Å². The normalized spacial score (nSPS) is 13.6. The summed E-state index contributed by atoms with van der Waals surface area (Å²) in [5, 5.41) is 9.64. The Morgan fingerprint density at radius 3 is 1.07 bits per heavy atom. The highest BCUT2D eigenvalue weighted by molar-refractivity contribution is 5.69. The van der Waals surface area contributed by atoms with Crippen LogP contribution in [0.15, 0.2) is 134 Å². The molecule has 0 heterocycles. The van der Waals surface area contributed by atoms with Gasteiger partial charge in [0.15, 0.2) is 0 Å². The van der Waals surface area contributed by atoms with E-state index in [-0.39, 0.29) is 19.2 Å². The van der Waals surface area contributed by atoms with Crippen molar-refractivity contribution in [1.29, 1.82) is 0 Å². The van der Waals surface area contributed by atoms with Crippen LogP contribution in [0.2, 0.25) is 0 Å². The van der Waals surface area contributed by atoms with E-state index in [1.54, 1.807) is 0 Å². The molecule has 0 saturated heterocycles. The zero-order valence-corrected chi connectivity index (χ0v) is 38.0. The number of carbonyl (C=O) groups excluding carboxylic acids is 1. The van der Waals surface area contributed by atoms with Gasteiger partial charge in [-0.2, -0.15) is 0 Å². The average Bonchev–Trinajstić information content (AvgIpc) is 3.24. The largest absolute Gasteiger partial charge is 0.457 e. The van der Waals surface area contributed by atoms with Crippen molar-refractivity contribution in [3.05, 3.63) is 134 Å². The van der Waals surface area contributed by atoms with E-state index in [4.69, 9.17) is 9.47 Å². The smallest absolute Gasteiger partial charge is 0.306 e. The van der Waals surface area contributed by atoms with Crippen molar-refractivity contribution in [1.82, 2.24) is 0 Å². The predicted octanol–water partition coefficient (Wildman–Crippen LogP) is 16.2. The lowest BCUT2D eigenvalue weighted by atomic mass is 10.1. The molecule has 0 aromatic heterocycles. The molecule has 0 aromatic carbocycles. The molecule has 0 fully saturated rings. The van der Waals surface area contributed by atoms with Crippen LogP contribution in [0.1, 0.15) is 181 Å². The quantitative estimate of drug-likeness (QED) is 0.0379. The van der Waals surface area contributed by atoms with Gasteiger partial charge in [-0.15, -0.1) is 0 Å². The highest BCUT2D eigenvalue weighted by Crippen LogP contribution is 2.13. The maximum atomic E-state index is 12.3. The van der Waals surface area contributed by atoms with Gasteiger partial charge in [0.2, 0.25) is 0 Å². The number of ether oxygens (including phenoxy) is 2. The summed E-state index contributed by atoms with van der Waals surface area (Å²) in [7, 11) is 0. The first-order valence-electron chi connectivity index (χ1n) is 23.8. The summed E-state index contributed by atoms with van der Waals surface area (Å²) in [5.74, 6) is -0.225. The summed E-state index contributed by atoms with van der Waals surface area (Å²) in [4.78, 5) is 12.3. The first kappa shape index (κ1) is 55.5. The van der Waals surface area contributed by atoms with Crippen LogP contribution in [0.3, 0.4) is 0 Å². The molecule has 1 N–H and O–H groups in total. The molecule has 0 bridgehead atoms. The van der Waals surface area contributed by atoms with Crippen LogP contribution in [0.5, 0.6) is 0 Å². The number of esters is 1. The molecule has 332 valence electrons. The highest BCUT2D eigenvalue weighted by atomic mass is 16.6. The van der Waals surface area contributed by atoms with Crippen LogP contribution in [0, 0.1) is 0 Å². The third-order valence-corrected chi connectivity index (χ3v) is 9.47. The van der Waals surface area contributed by atoms with Crippen molar-refractivity contribution in [3.8, 4) is 0 Å². The first-order chi connectivity index (χ1) is 29.2. The Kier molecular flexibility index (Phi) is 47.7. The zero-order valence-electron chi connectivity index (χ0n) is 38.0. The Bertz CT molecular complexity index is 1220. The van der Waals surface area contributed by atoms with E-state index in [1.807, 2.05) is 0 Å². The molecule has 0 aliphatic carbocycles. The Morgan fingerprint density at radius 1 is 0.407 bits per heavy atom. The van der Waals surface area contributed by atoms with E-state index in [2.05, 4.69) is 148 Å². The molecule has 1 unspecified atom stereocenters. The van der Waals surface area contributed by atoms with Gasteiger partial charge in [0.05, 0.1) is 13.2 Å². The van der Waals surface area contributed by atoms with Crippen LogP contribution in [-0.2, 0) is 14.3 Å². The van der Waals surface area contributed by atoms with Gasteiger partial charge >= 0.3 is 5.97 Å². The topological polar surface area (TPSA) is 55.8 Å². The Balaban J connectivity index is 3.57. The molecule has 4 heteroatoms. The predicted molar refractivity (Wildman–Crippen MR) is 260 cm³/mol. The Hall–Kier alpha value is -3.47. The molecule has 0 aromatic rings. The molecule has 0 aliphatic rings. The maximum absolute atomic E-state index is 12.3. The number of aliphatic hydroxyl groups is 1. The average molecular weight is 813 g/mol. The molecule has 0 saturated carbocycles. The third kappa shape index (κ3) is 48.8. The van der Waals surface area contributed by atoms with Crippen LogP contribution in [0.4, 0.5) is 0 Å². The summed E-state index contributed by atoms with van der Waals surface area (Å²) in [6.07, 6.45) is 76.7. The van der Waals surface area contributed by atoms with Crippen molar-refractivity contribution >= 4 is 5.97 Å². The van der Waals surface area contributed by atoms with Crippen LogP contribution in [0.25, 0.3) is 0 Å². The van der Waals surface area contributed by atoms with E-state index in [9.17, 15) is 9.90 Å². The Labute approximate surface area is 364 Å². The van der Waals surface area contributed by atoms with E-state index in [0.717, 1.165) is 109 Å². The molecule has 59 heavy (non-hydrogen) atoms. The van der Waals surface area contributed by atoms with Gasteiger partial charge in [-0.25, -0.2) is 0 Å². The maximum Gasteiger partial charge on any atom is 0.306 e. The van der Waals surface area contributed by atoms with Gasteiger partial charge < -0.3 is 14.6 Å². The fraction of sp³-hybridized carbons (Fsp3) is 0.582. The highest BCUT2D eigenvalue weighted by Gasteiger charge is 2.13. The number of hydrogen-bond acceptors (Lipinski definition) is 4. The van der Waals surface area contributed by atoms with Crippen molar-refractivity contribution in [3.63, 3.8) is 0 Å². The lowest BCUT2D eigenvalue weighted by Crippen LogP contribution is -2.27. The number of carbonyl (C=O) groups is 1. The monoisotopic (exact) mass is 813 g/mol. The Morgan fingerprint density at radius 2 is 0.712 bits per heavy atom. The molecular formula is C55H88O4. The molecule has 0 radical (unpaired) electrons. The van der Waals surface area contributed by atoms with E-state index in [0.29, 0.717) is 13.0 Å². The van der Waals surface area contributed by atoms with Crippen LogP contribution < -0.4 is 0 Å². The fourth-order valence-corrected chi connectivity index (χ4v) is 6.00. The summed E-state index contributed by atoms with van der Waals surface area (Å²) in [6, 6.07) is 0. The van der Waals surface area contributed by atoms with Crippen molar-refractivity contribution in [2.45, 2.75) is 187 Å². The molecule has 1 atom stereocenters. The first-order valence-corrected chi connectivity index (χ1v) is 23.8. The van der Waals surface area contributed by atoms with Gasteiger partial charge in [-0.05, 0) is 109 Å². The number of hydrogen-bond donors (Lipinski definition) is 1. The van der Waals surface area contributed by atoms with Crippen molar-refractivity contribution < 1.29 is 19.4 Å².